The minimum Gasteiger partial charge on any atom is -0.375 e. The topological polar surface area (TPSA) is 44.0 Å². The maximum atomic E-state index is 10.8. The summed E-state index contributed by atoms with van der Waals surface area (Å²) in [6, 6.07) is 11.1. The molecule has 110 valence electrons. The molecule has 3 aliphatic rings. The van der Waals surface area contributed by atoms with Gasteiger partial charge in [0, 0.05) is 5.41 Å². The van der Waals surface area contributed by atoms with Gasteiger partial charge in [-0.15, -0.1) is 0 Å². The molecule has 1 N–H and O–H groups in total. The van der Waals surface area contributed by atoms with Crippen LogP contribution in [-0.2, 0) is 6.42 Å². The second-order valence-electron chi connectivity index (χ2n) is 7.58. The molecule has 4 rings (SSSR count). The van der Waals surface area contributed by atoms with E-state index in [2.05, 4.69) is 37.3 Å². The Bertz CT molecular complexity index is 618. The Kier molecular flexibility index (Phi) is 2.75. The number of aliphatic hydroxyl groups is 1. The van der Waals surface area contributed by atoms with Crippen molar-refractivity contribution >= 4 is 0 Å². The fraction of sp³-hybridized carbons (Fsp3) is 0.632. The van der Waals surface area contributed by atoms with Gasteiger partial charge in [0.25, 0.3) is 0 Å². The van der Waals surface area contributed by atoms with Gasteiger partial charge in [0.2, 0.25) is 0 Å². The SMILES string of the molecule is C[C@]12CC[C@@H]3c4ccccc4CC[C@H]3[C@@H]1CCC2(O)C#N. The zero-order valence-electron chi connectivity index (χ0n) is 12.7. The molecule has 2 saturated carbocycles. The third-order valence-corrected chi connectivity index (χ3v) is 6.98. The van der Waals surface area contributed by atoms with Crippen molar-refractivity contribution in [2.75, 3.05) is 0 Å². The van der Waals surface area contributed by atoms with Crippen molar-refractivity contribution in [3.63, 3.8) is 0 Å². The van der Waals surface area contributed by atoms with Crippen molar-refractivity contribution in [1.82, 2.24) is 0 Å². The number of nitrogens with zero attached hydrogens (tertiary/aromatic N) is 1. The second kappa shape index (κ2) is 4.34. The van der Waals surface area contributed by atoms with E-state index in [0.29, 0.717) is 24.2 Å². The average molecular weight is 281 g/mol. The molecular formula is C19H23NO. The summed E-state index contributed by atoms with van der Waals surface area (Å²) in [6.45, 7) is 2.17. The van der Waals surface area contributed by atoms with Gasteiger partial charge in [-0.2, -0.15) is 5.26 Å². The number of hydrogen-bond acceptors (Lipinski definition) is 2. The molecule has 0 heterocycles. The number of aryl methyl sites for hydroxylation is 1. The van der Waals surface area contributed by atoms with Crippen LogP contribution in [0, 0.1) is 28.6 Å². The van der Waals surface area contributed by atoms with Crippen molar-refractivity contribution < 1.29 is 5.11 Å². The molecule has 0 aliphatic heterocycles. The van der Waals surface area contributed by atoms with Crippen molar-refractivity contribution in [2.45, 2.75) is 57.0 Å². The van der Waals surface area contributed by atoms with Gasteiger partial charge in [-0.05, 0) is 67.4 Å². The highest BCUT2D eigenvalue weighted by Crippen LogP contribution is 2.63. The lowest BCUT2D eigenvalue weighted by Gasteiger charge is -2.51. The minimum atomic E-state index is -1.10. The van der Waals surface area contributed by atoms with E-state index in [1.165, 1.54) is 12.0 Å². The van der Waals surface area contributed by atoms with E-state index in [9.17, 15) is 10.4 Å². The highest BCUT2D eigenvalue weighted by Gasteiger charge is 2.61. The largest absolute Gasteiger partial charge is 0.375 e. The molecule has 2 fully saturated rings. The van der Waals surface area contributed by atoms with Gasteiger partial charge >= 0.3 is 0 Å². The molecule has 0 aromatic heterocycles. The molecule has 2 nitrogen and oxygen atoms in total. The second-order valence-corrected chi connectivity index (χ2v) is 7.58. The van der Waals surface area contributed by atoms with Gasteiger partial charge in [0.05, 0.1) is 6.07 Å². The van der Waals surface area contributed by atoms with Gasteiger partial charge in [0.15, 0.2) is 5.60 Å². The number of fused-ring (bicyclic) bond motifs is 5. The van der Waals surface area contributed by atoms with Gasteiger partial charge in [-0.3, -0.25) is 0 Å². The lowest BCUT2D eigenvalue weighted by Crippen LogP contribution is -2.50. The van der Waals surface area contributed by atoms with Crippen molar-refractivity contribution in [1.29, 1.82) is 5.26 Å². The Labute approximate surface area is 126 Å². The maximum Gasteiger partial charge on any atom is 0.156 e. The molecule has 0 radical (unpaired) electrons. The Morgan fingerprint density at radius 2 is 2.00 bits per heavy atom. The van der Waals surface area contributed by atoms with Crippen LogP contribution in [-0.4, -0.2) is 10.7 Å². The fourth-order valence-corrected chi connectivity index (χ4v) is 5.72. The standard InChI is InChI=1S/C19H23NO/c1-18-10-8-15-14-5-3-2-4-13(14)6-7-16(15)17(18)9-11-19(18,21)12-20/h2-5,15-17,21H,6-11H2,1H3/t15-,16-,17+,18+,19?/m1/s1. The van der Waals surface area contributed by atoms with Crippen LogP contribution in [0.5, 0.6) is 0 Å². The summed E-state index contributed by atoms with van der Waals surface area (Å²) in [7, 11) is 0. The fourth-order valence-electron chi connectivity index (χ4n) is 5.72. The van der Waals surface area contributed by atoms with Crippen molar-refractivity contribution in [3.05, 3.63) is 35.4 Å². The molecule has 0 saturated heterocycles. The van der Waals surface area contributed by atoms with Gasteiger partial charge < -0.3 is 5.11 Å². The van der Waals surface area contributed by atoms with E-state index in [0.717, 1.165) is 25.7 Å². The molecule has 1 aromatic rings. The van der Waals surface area contributed by atoms with Gasteiger partial charge in [0.1, 0.15) is 0 Å². The highest BCUT2D eigenvalue weighted by molar-refractivity contribution is 5.35. The van der Waals surface area contributed by atoms with E-state index in [1.54, 1.807) is 5.56 Å². The first-order valence-electron chi connectivity index (χ1n) is 8.30. The molecular weight excluding hydrogens is 258 g/mol. The first-order valence-corrected chi connectivity index (χ1v) is 8.30. The van der Waals surface area contributed by atoms with Gasteiger partial charge in [-0.25, -0.2) is 0 Å². The Morgan fingerprint density at radius 3 is 2.81 bits per heavy atom. The normalized spacial score (nSPS) is 44.3. The first-order chi connectivity index (χ1) is 10.1. The summed E-state index contributed by atoms with van der Waals surface area (Å²) in [6.07, 6.45) is 6.17. The van der Waals surface area contributed by atoms with Gasteiger partial charge in [-0.1, -0.05) is 31.2 Å². The third-order valence-electron chi connectivity index (χ3n) is 6.98. The summed E-state index contributed by atoms with van der Waals surface area (Å²) in [5, 5.41) is 20.3. The van der Waals surface area contributed by atoms with Crippen LogP contribution in [0.3, 0.4) is 0 Å². The van der Waals surface area contributed by atoms with Crippen molar-refractivity contribution in [2.24, 2.45) is 17.3 Å². The number of nitriles is 1. The predicted octanol–water partition coefficient (Wildman–Crippen LogP) is 3.80. The summed E-state index contributed by atoms with van der Waals surface area (Å²) in [5.41, 5.74) is 1.77. The van der Waals surface area contributed by atoms with E-state index in [4.69, 9.17) is 0 Å². The molecule has 2 heteroatoms. The quantitative estimate of drug-likeness (QED) is 0.735. The minimum absolute atomic E-state index is 0.199. The van der Waals surface area contributed by atoms with Crippen LogP contribution in [0.2, 0.25) is 0 Å². The maximum absolute atomic E-state index is 10.8. The summed E-state index contributed by atoms with van der Waals surface area (Å²) in [5.74, 6) is 1.81. The van der Waals surface area contributed by atoms with Crippen LogP contribution < -0.4 is 0 Å². The summed E-state index contributed by atoms with van der Waals surface area (Å²) in [4.78, 5) is 0. The number of hydrogen-bond donors (Lipinski definition) is 1. The smallest absolute Gasteiger partial charge is 0.156 e. The van der Waals surface area contributed by atoms with Crippen LogP contribution in [0.4, 0.5) is 0 Å². The average Bonchev–Trinajstić information content (AvgIpc) is 2.79. The molecule has 1 unspecified atom stereocenters. The van der Waals surface area contributed by atoms with Crippen molar-refractivity contribution in [3.8, 4) is 6.07 Å². The van der Waals surface area contributed by atoms with Crippen LogP contribution in [0.15, 0.2) is 24.3 Å². The number of benzene rings is 1. The predicted molar refractivity (Wildman–Crippen MR) is 81.6 cm³/mol. The number of rotatable bonds is 0. The molecule has 5 atom stereocenters. The third kappa shape index (κ3) is 1.62. The van der Waals surface area contributed by atoms with E-state index in [1.807, 2.05) is 0 Å². The van der Waals surface area contributed by atoms with Crippen LogP contribution in [0.25, 0.3) is 0 Å². The first kappa shape index (κ1) is 13.3. The summed E-state index contributed by atoms with van der Waals surface area (Å²) >= 11 is 0. The molecule has 0 spiro atoms. The Balaban J connectivity index is 1.73. The monoisotopic (exact) mass is 281 g/mol. The Hall–Kier alpha value is -1.33. The lowest BCUT2D eigenvalue weighted by molar-refractivity contribution is -0.0659. The molecule has 21 heavy (non-hydrogen) atoms. The molecule has 3 aliphatic carbocycles. The molecule has 1 aromatic carbocycles. The zero-order chi connectivity index (χ0) is 14.7. The molecule has 0 bridgehead atoms. The van der Waals surface area contributed by atoms with E-state index >= 15 is 0 Å². The van der Waals surface area contributed by atoms with Crippen LogP contribution in [0.1, 0.15) is 56.1 Å². The van der Waals surface area contributed by atoms with E-state index < -0.39 is 5.60 Å². The highest BCUT2D eigenvalue weighted by atomic mass is 16.3. The van der Waals surface area contributed by atoms with Crippen LogP contribution >= 0.6 is 0 Å². The van der Waals surface area contributed by atoms with E-state index in [-0.39, 0.29) is 5.41 Å². The lowest BCUT2D eigenvalue weighted by atomic mass is 9.53. The summed E-state index contributed by atoms with van der Waals surface area (Å²) < 4.78 is 0. The molecule has 0 amide bonds. The Morgan fingerprint density at radius 1 is 1.19 bits per heavy atom. The zero-order valence-corrected chi connectivity index (χ0v) is 12.7.